The topological polar surface area (TPSA) is 113 Å². The van der Waals surface area contributed by atoms with Gasteiger partial charge in [-0.25, -0.2) is 4.68 Å². The van der Waals surface area contributed by atoms with Crippen molar-refractivity contribution in [2.45, 2.75) is 6.92 Å². The molecule has 0 saturated carbocycles. The zero-order valence-corrected chi connectivity index (χ0v) is 19.4. The number of anilines is 2. The number of fused-ring (bicyclic) bond motifs is 1. The lowest BCUT2D eigenvalue weighted by Gasteiger charge is -2.12. The number of carbonyl (C=O) groups is 1. The van der Waals surface area contributed by atoms with Crippen LogP contribution in [-0.4, -0.2) is 70.1 Å². The second-order valence-corrected chi connectivity index (χ2v) is 8.05. The van der Waals surface area contributed by atoms with Crippen LogP contribution in [0.15, 0.2) is 36.5 Å². The van der Waals surface area contributed by atoms with Crippen molar-refractivity contribution in [3.63, 3.8) is 0 Å². The molecule has 0 fully saturated rings. The number of likely N-dealkylation sites (N-methyl/N-ethyl adjacent to an activating group) is 1. The van der Waals surface area contributed by atoms with Gasteiger partial charge in [-0.1, -0.05) is 6.07 Å². The molecule has 0 saturated heterocycles. The Morgan fingerprint density at radius 2 is 2.06 bits per heavy atom. The first-order valence-electron chi connectivity index (χ1n) is 10.6. The van der Waals surface area contributed by atoms with Gasteiger partial charge in [-0.05, 0) is 50.8 Å². The van der Waals surface area contributed by atoms with Gasteiger partial charge in [-0.15, -0.1) is 5.10 Å². The fourth-order valence-corrected chi connectivity index (χ4v) is 3.54. The van der Waals surface area contributed by atoms with Crippen LogP contribution in [0.1, 0.15) is 15.9 Å². The van der Waals surface area contributed by atoms with E-state index in [2.05, 4.69) is 30.9 Å². The Bertz CT molecular complexity index is 1290. The minimum absolute atomic E-state index is 0.179. The number of nitrogens with zero attached hydrogens (tertiary/aromatic N) is 5. The van der Waals surface area contributed by atoms with Crippen LogP contribution >= 0.6 is 0 Å². The Kier molecular flexibility index (Phi) is 6.27. The summed E-state index contributed by atoms with van der Waals surface area (Å²) < 4.78 is 7.16. The van der Waals surface area contributed by atoms with Crippen LogP contribution in [0.4, 0.5) is 11.6 Å². The van der Waals surface area contributed by atoms with Crippen LogP contribution in [0.5, 0.6) is 5.75 Å². The molecule has 4 aromatic rings. The average Bonchev–Trinajstić information content (AvgIpc) is 3.42. The predicted octanol–water partition coefficient (Wildman–Crippen LogP) is 2.71. The average molecular weight is 449 g/mol. The standard InChI is InChI=1S/C23H28N8O2/c1-14-17-13-25-28-19(17)9-8-18(14)26-23-27-21(29-31(23)4)15-6-7-16(20(12-15)33-5)22(32)24-10-11-30(2)3/h6-9,12-13H,10-11H2,1-5H3,(H,24,32)(H,25,28)(H,26,27,29). The Hall–Kier alpha value is -3.92. The molecule has 0 aliphatic heterocycles. The summed E-state index contributed by atoms with van der Waals surface area (Å²) in [6, 6.07) is 9.30. The van der Waals surface area contributed by atoms with Gasteiger partial charge in [-0.3, -0.25) is 9.89 Å². The normalized spacial score (nSPS) is 11.2. The summed E-state index contributed by atoms with van der Waals surface area (Å²) >= 11 is 0. The minimum Gasteiger partial charge on any atom is -0.496 e. The highest BCUT2D eigenvalue weighted by molar-refractivity contribution is 5.97. The largest absolute Gasteiger partial charge is 0.496 e. The van der Waals surface area contributed by atoms with Gasteiger partial charge in [0, 0.05) is 36.8 Å². The van der Waals surface area contributed by atoms with Crippen molar-refractivity contribution >= 4 is 28.4 Å². The summed E-state index contributed by atoms with van der Waals surface area (Å²) in [5, 5.41) is 18.9. The molecule has 2 heterocycles. The van der Waals surface area contributed by atoms with Gasteiger partial charge in [-0.2, -0.15) is 10.1 Å². The molecule has 4 rings (SSSR count). The highest BCUT2D eigenvalue weighted by atomic mass is 16.5. The van der Waals surface area contributed by atoms with Crippen LogP contribution in [-0.2, 0) is 7.05 Å². The lowest BCUT2D eigenvalue weighted by Crippen LogP contribution is -2.31. The third-order valence-electron chi connectivity index (χ3n) is 5.45. The molecule has 172 valence electrons. The van der Waals surface area contributed by atoms with E-state index in [1.807, 2.05) is 57.4 Å². The van der Waals surface area contributed by atoms with E-state index in [1.165, 1.54) is 0 Å². The number of benzene rings is 2. The maximum Gasteiger partial charge on any atom is 0.255 e. The molecule has 0 atom stereocenters. The van der Waals surface area contributed by atoms with E-state index in [1.54, 1.807) is 23.9 Å². The zero-order chi connectivity index (χ0) is 23.5. The van der Waals surface area contributed by atoms with Crippen molar-refractivity contribution in [3.05, 3.63) is 47.7 Å². The number of aryl methyl sites for hydroxylation is 2. The van der Waals surface area contributed by atoms with E-state index >= 15 is 0 Å². The highest BCUT2D eigenvalue weighted by Gasteiger charge is 2.17. The summed E-state index contributed by atoms with van der Waals surface area (Å²) in [5.74, 6) is 1.42. The number of nitrogens with one attached hydrogen (secondary N) is 3. The van der Waals surface area contributed by atoms with E-state index in [-0.39, 0.29) is 5.91 Å². The molecule has 2 aromatic heterocycles. The van der Waals surface area contributed by atoms with Crippen LogP contribution in [0.25, 0.3) is 22.3 Å². The van der Waals surface area contributed by atoms with Crippen molar-refractivity contribution in [1.29, 1.82) is 0 Å². The van der Waals surface area contributed by atoms with Crippen LogP contribution in [0.3, 0.4) is 0 Å². The molecular formula is C23H28N8O2. The van der Waals surface area contributed by atoms with E-state index < -0.39 is 0 Å². The van der Waals surface area contributed by atoms with Crippen molar-refractivity contribution in [2.75, 3.05) is 39.6 Å². The number of ether oxygens (including phenoxy) is 1. The van der Waals surface area contributed by atoms with Crippen molar-refractivity contribution in [3.8, 4) is 17.1 Å². The first-order valence-corrected chi connectivity index (χ1v) is 10.6. The maximum atomic E-state index is 12.6. The number of methoxy groups -OCH3 is 1. The maximum absolute atomic E-state index is 12.6. The van der Waals surface area contributed by atoms with Gasteiger partial charge >= 0.3 is 0 Å². The molecule has 0 aliphatic carbocycles. The number of rotatable bonds is 8. The van der Waals surface area contributed by atoms with Crippen LogP contribution in [0.2, 0.25) is 0 Å². The molecule has 2 aromatic carbocycles. The summed E-state index contributed by atoms with van der Waals surface area (Å²) in [4.78, 5) is 19.2. The van der Waals surface area contributed by atoms with E-state index in [9.17, 15) is 4.79 Å². The van der Waals surface area contributed by atoms with Crippen molar-refractivity contribution in [2.24, 2.45) is 7.05 Å². The predicted molar refractivity (Wildman–Crippen MR) is 128 cm³/mol. The van der Waals surface area contributed by atoms with Gasteiger partial charge in [0.05, 0.1) is 24.4 Å². The molecule has 0 bridgehead atoms. The Labute approximate surface area is 192 Å². The van der Waals surface area contributed by atoms with Crippen molar-refractivity contribution in [1.82, 2.24) is 35.2 Å². The number of carbonyl (C=O) groups excluding carboxylic acids is 1. The molecule has 1 amide bonds. The molecule has 0 unspecified atom stereocenters. The monoisotopic (exact) mass is 448 g/mol. The summed E-state index contributed by atoms with van der Waals surface area (Å²) in [5.41, 5.74) is 4.20. The van der Waals surface area contributed by atoms with Gasteiger partial charge in [0.25, 0.3) is 5.91 Å². The lowest BCUT2D eigenvalue weighted by molar-refractivity contribution is 0.0948. The van der Waals surface area contributed by atoms with E-state index in [0.29, 0.717) is 29.6 Å². The molecule has 0 radical (unpaired) electrons. The summed E-state index contributed by atoms with van der Waals surface area (Å²) in [6.45, 7) is 3.34. The fourth-order valence-electron chi connectivity index (χ4n) is 3.54. The quantitative estimate of drug-likeness (QED) is 0.380. The van der Waals surface area contributed by atoms with E-state index in [0.717, 1.165) is 34.3 Å². The number of amides is 1. The van der Waals surface area contributed by atoms with Crippen LogP contribution < -0.4 is 15.4 Å². The van der Waals surface area contributed by atoms with Gasteiger partial charge in [0.15, 0.2) is 5.82 Å². The minimum atomic E-state index is -0.179. The lowest BCUT2D eigenvalue weighted by atomic mass is 10.1. The Balaban J connectivity index is 1.56. The SMILES string of the molecule is COc1cc(-c2nc(Nc3ccc4[nH]ncc4c3C)n(C)n2)ccc1C(=O)NCCN(C)C. The second kappa shape index (κ2) is 9.29. The Morgan fingerprint density at radius 3 is 2.82 bits per heavy atom. The third kappa shape index (κ3) is 4.65. The molecule has 3 N–H and O–H groups in total. The van der Waals surface area contributed by atoms with Gasteiger partial charge < -0.3 is 20.3 Å². The van der Waals surface area contributed by atoms with Gasteiger partial charge in [0.2, 0.25) is 5.95 Å². The first-order chi connectivity index (χ1) is 15.9. The number of hydrogen-bond donors (Lipinski definition) is 3. The molecule has 0 spiro atoms. The van der Waals surface area contributed by atoms with E-state index in [4.69, 9.17) is 4.74 Å². The smallest absolute Gasteiger partial charge is 0.255 e. The zero-order valence-electron chi connectivity index (χ0n) is 19.4. The number of hydrogen-bond acceptors (Lipinski definition) is 7. The van der Waals surface area contributed by atoms with Crippen LogP contribution in [0, 0.1) is 6.92 Å². The van der Waals surface area contributed by atoms with Crippen molar-refractivity contribution < 1.29 is 9.53 Å². The molecule has 10 heteroatoms. The number of aromatic nitrogens is 5. The third-order valence-corrected chi connectivity index (χ3v) is 5.45. The molecule has 10 nitrogen and oxygen atoms in total. The number of H-pyrrole nitrogens is 1. The molecular weight excluding hydrogens is 420 g/mol. The summed E-state index contributed by atoms with van der Waals surface area (Å²) in [6.07, 6.45) is 1.81. The first kappa shape index (κ1) is 22.3. The Morgan fingerprint density at radius 1 is 1.24 bits per heavy atom. The molecule has 0 aliphatic rings. The molecule has 33 heavy (non-hydrogen) atoms. The summed E-state index contributed by atoms with van der Waals surface area (Å²) in [7, 11) is 7.29. The fraction of sp³-hybridized carbons (Fsp3) is 0.304. The van der Waals surface area contributed by atoms with Gasteiger partial charge in [0.1, 0.15) is 5.75 Å². The highest BCUT2D eigenvalue weighted by Crippen LogP contribution is 2.29. The second-order valence-electron chi connectivity index (χ2n) is 8.05. The number of aromatic amines is 1.